The summed E-state index contributed by atoms with van der Waals surface area (Å²) in [6, 6.07) is 14.6. The number of hydrogen-bond donors (Lipinski definition) is 2. The van der Waals surface area contributed by atoms with Gasteiger partial charge < -0.3 is 15.4 Å². The highest BCUT2D eigenvalue weighted by atomic mass is 16.5. The topological polar surface area (TPSA) is 67.4 Å². The van der Waals surface area contributed by atoms with Gasteiger partial charge in [0.05, 0.1) is 19.2 Å². The molecule has 5 nitrogen and oxygen atoms in total. The number of anilines is 1. The molecular weight excluding hydrogens is 316 g/mol. The minimum Gasteiger partial charge on any atom is -0.496 e. The van der Waals surface area contributed by atoms with Gasteiger partial charge in [-0.05, 0) is 35.2 Å². The van der Waals surface area contributed by atoms with Gasteiger partial charge in [0.15, 0.2) is 0 Å². The van der Waals surface area contributed by atoms with E-state index in [0.29, 0.717) is 17.0 Å². The zero-order chi connectivity index (χ0) is 18.4. The lowest BCUT2D eigenvalue weighted by Crippen LogP contribution is -2.33. The third-order valence-corrected chi connectivity index (χ3v) is 3.80. The largest absolute Gasteiger partial charge is 0.496 e. The summed E-state index contributed by atoms with van der Waals surface area (Å²) >= 11 is 0. The molecule has 0 radical (unpaired) electrons. The van der Waals surface area contributed by atoms with Crippen molar-refractivity contribution in [3.8, 4) is 5.75 Å². The van der Waals surface area contributed by atoms with Crippen molar-refractivity contribution in [3.63, 3.8) is 0 Å². The fraction of sp³-hybridized carbons (Fsp3) is 0.300. The number of methoxy groups -OCH3 is 1. The van der Waals surface area contributed by atoms with Gasteiger partial charge in [-0.3, -0.25) is 9.59 Å². The molecule has 0 unspecified atom stereocenters. The van der Waals surface area contributed by atoms with E-state index in [1.807, 2.05) is 24.3 Å². The Kier molecular flexibility index (Phi) is 5.80. The Hall–Kier alpha value is -2.82. The highest BCUT2D eigenvalue weighted by Crippen LogP contribution is 2.23. The van der Waals surface area contributed by atoms with Crippen LogP contribution in [-0.4, -0.2) is 25.5 Å². The molecule has 2 rings (SSSR count). The van der Waals surface area contributed by atoms with E-state index in [1.165, 1.54) is 12.7 Å². The maximum absolute atomic E-state index is 12.2. The standard InChI is InChI=1S/C20H24N2O3/c1-20(2,3)14-9-11-15(12-10-14)22-18(23)13-21-19(24)16-7-5-6-8-17(16)25-4/h5-12H,13H2,1-4H3,(H,21,24)(H,22,23). The molecule has 0 aliphatic heterocycles. The Bertz CT molecular complexity index is 746. The number of ether oxygens (including phenoxy) is 1. The van der Waals surface area contributed by atoms with Crippen molar-refractivity contribution >= 4 is 17.5 Å². The third kappa shape index (κ3) is 5.08. The summed E-state index contributed by atoms with van der Waals surface area (Å²) in [4.78, 5) is 24.2. The van der Waals surface area contributed by atoms with Crippen LogP contribution in [0.1, 0.15) is 36.7 Å². The van der Waals surface area contributed by atoms with Gasteiger partial charge >= 0.3 is 0 Å². The number of nitrogens with one attached hydrogen (secondary N) is 2. The van der Waals surface area contributed by atoms with Crippen LogP contribution in [0.3, 0.4) is 0 Å². The molecule has 0 aliphatic carbocycles. The maximum atomic E-state index is 12.2. The number of para-hydroxylation sites is 1. The molecule has 0 bridgehead atoms. The summed E-state index contributed by atoms with van der Waals surface area (Å²) in [5, 5.41) is 5.37. The molecule has 2 aromatic carbocycles. The van der Waals surface area contributed by atoms with Crippen LogP contribution < -0.4 is 15.4 Å². The summed E-state index contributed by atoms with van der Waals surface area (Å²) in [6.45, 7) is 6.29. The van der Waals surface area contributed by atoms with Crippen molar-refractivity contribution in [1.82, 2.24) is 5.32 Å². The third-order valence-electron chi connectivity index (χ3n) is 3.80. The molecule has 0 saturated carbocycles. The first-order valence-corrected chi connectivity index (χ1v) is 8.13. The first-order chi connectivity index (χ1) is 11.8. The molecular formula is C20H24N2O3. The van der Waals surface area contributed by atoms with Crippen LogP contribution >= 0.6 is 0 Å². The predicted octanol–water partition coefficient (Wildman–Crippen LogP) is 3.36. The van der Waals surface area contributed by atoms with Gasteiger partial charge in [0.25, 0.3) is 5.91 Å². The highest BCUT2D eigenvalue weighted by Gasteiger charge is 2.14. The molecule has 2 amide bonds. The molecule has 2 N–H and O–H groups in total. The van der Waals surface area contributed by atoms with Gasteiger partial charge in [-0.1, -0.05) is 45.0 Å². The fourth-order valence-electron chi connectivity index (χ4n) is 2.35. The Morgan fingerprint density at radius 3 is 2.24 bits per heavy atom. The average molecular weight is 340 g/mol. The minimum atomic E-state index is -0.351. The number of benzene rings is 2. The van der Waals surface area contributed by atoms with E-state index in [2.05, 4.69) is 31.4 Å². The molecule has 0 aliphatic rings. The number of hydrogen-bond acceptors (Lipinski definition) is 3. The Morgan fingerprint density at radius 1 is 1.00 bits per heavy atom. The number of amides is 2. The second kappa shape index (κ2) is 7.83. The minimum absolute atomic E-state index is 0.0608. The van der Waals surface area contributed by atoms with Crippen LogP contribution in [0.15, 0.2) is 48.5 Å². The van der Waals surface area contributed by atoms with Crippen LogP contribution in [0.4, 0.5) is 5.69 Å². The number of carbonyl (C=O) groups is 2. The van der Waals surface area contributed by atoms with Crippen LogP contribution in [0.2, 0.25) is 0 Å². The summed E-state index contributed by atoms with van der Waals surface area (Å²) in [5.41, 5.74) is 2.34. The Morgan fingerprint density at radius 2 is 1.64 bits per heavy atom. The number of carbonyl (C=O) groups excluding carboxylic acids is 2. The van der Waals surface area contributed by atoms with Crippen molar-refractivity contribution in [2.45, 2.75) is 26.2 Å². The van der Waals surface area contributed by atoms with Crippen molar-refractivity contribution in [2.24, 2.45) is 0 Å². The summed E-state index contributed by atoms with van der Waals surface area (Å²) in [5.74, 6) is -0.166. The van der Waals surface area contributed by atoms with Gasteiger partial charge in [-0.25, -0.2) is 0 Å². The molecule has 25 heavy (non-hydrogen) atoms. The van der Waals surface area contributed by atoms with Gasteiger partial charge in [-0.15, -0.1) is 0 Å². The van der Waals surface area contributed by atoms with Gasteiger partial charge in [0.1, 0.15) is 5.75 Å². The van der Waals surface area contributed by atoms with E-state index in [9.17, 15) is 9.59 Å². The second-order valence-corrected chi connectivity index (χ2v) is 6.76. The van der Waals surface area contributed by atoms with Crippen molar-refractivity contribution in [3.05, 3.63) is 59.7 Å². The summed E-state index contributed by atoms with van der Waals surface area (Å²) in [7, 11) is 1.50. The molecule has 132 valence electrons. The van der Waals surface area contributed by atoms with E-state index < -0.39 is 0 Å². The molecule has 2 aromatic rings. The van der Waals surface area contributed by atoms with Gasteiger partial charge in [0.2, 0.25) is 5.91 Å². The van der Waals surface area contributed by atoms with Crippen LogP contribution in [-0.2, 0) is 10.2 Å². The van der Waals surface area contributed by atoms with E-state index >= 15 is 0 Å². The molecule has 0 atom stereocenters. The smallest absolute Gasteiger partial charge is 0.255 e. The van der Waals surface area contributed by atoms with E-state index in [4.69, 9.17) is 4.74 Å². The van der Waals surface area contributed by atoms with Gasteiger partial charge in [-0.2, -0.15) is 0 Å². The fourth-order valence-corrected chi connectivity index (χ4v) is 2.35. The first kappa shape index (κ1) is 18.5. The molecule has 0 saturated heterocycles. The lowest BCUT2D eigenvalue weighted by molar-refractivity contribution is -0.115. The molecule has 0 heterocycles. The lowest BCUT2D eigenvalue weighted by Gasteiger charge is -2.19. The molecule has 5 heteroatoms. The number of rotatable bonds is 5. The van der Waals surface area contributed by atoms with Crippen molar-refractivity contribution < 1.29 is 14.3 Å². The zero-order valence-electron chi connectivity index (χ0n) is 15.1. The second-order valence-electron chi connectivity index (χ2n) is 6.76. The SMILES string of the molecule is COc1ccccc1C(=O)NCC(=O)Nc1ccc(C(C)(C)C)cc1. The van der Waals surface area contributed by atoms with Crippen LogP contribution in [0, 0.1) is 0 Å². The molecule has 0 aromatic heterocycles. The quantitative estimate of drug-likeness (QED) is 0.877. The predicted molar refractivity (Wildman–Crippen MR) is 99.1 cm³/mol. The summed E-state index contributed by atoms with van der Waals surface area (Å²) < 4.78 is 5.15. The average Bonchev–Trinajstić information content (AvgIpc) is 2.59. The van der Waals surface area contributed by atoms with E-state index in [-0.39, 0.29) is 23.8 Å². The zero-order valence-corrected chi connectivity index (χ0v) is 15.1. The van der Waals surface area contributed by atoms with Crippen LogP contribution in [0.25, 0.3) is 0 Å². The van der Waals surface area contributed by atoms with Crippen LogP contribution in [0.5, 0.6) is 5.75 Å². The van der Waals surface area contributed by atoms with Crippen molar-refractivity contribution in [1.29, 1.82) is 0 Å². The monoisotopic (exact) mass is 340 g/mol. The van der Waals surface area contributed by atoms with Crippen molar-refractivity contribution in [2.75, 3.05) is 19.0 Å². The first-order valence-electron chi connectivity index (χ1n) is 8.13. The normalized spacial score (nSPS) is 10.9. The Labute approximate surface area is 148 Å². The summed E-state index contributed by atoms with van der Waals surface area (Å²) in [6.07, 6.45) is 0. The highest BCUT2D eigenvalue weighted by molar-refractivity contribution is 6.00. The Balaban J connectivity index is 1.91. The van der Waals surface area contributed by atoms with E-state index in [0.717, 1.165) is 0 Å². The molecule has 0 spiro atoms. The lowest BCUT2D eigenvalue weighted by atomic mass is 9.87. The van der Waals surface area contributed by atoms with E-state index in [1.54, 1.807) is 24.3 Å². The molecule has 0 fully saturated rings. The maximum Gasteiger partial charge on any atom is 0.255 e. The van der Waals surface area contributed by atoms with Gasteiger partial charge in [0, 0.05) is 5.69 Å².